The summed E-state index contributed by atoms with van der Waals surface area (Å²) in [5, 5.41) is 2.99. The van der Waals surface area contributed by atoms with Gasteiger partial charge < -0.3 is 20.4 Å². The highest BCUT2D eigenvalue weighted by atomic mass is 16.5. The molecule has 196 valence electrons. The number of nitrogens with one attached hydrogen (secondary N) is 1. The number of imidazole rings is 1. The number of aromatic nitrogens is 2. The normalized spacial score (nSPS) is 11.4. The van der Waals surface area contributed by atoms with Crippen LogP contribution in [0.3, 0.4) is 0 Å². The Labute approximate surface area is 228 Å². The number of benzene rings is 4. The minimum absolute atomic E-state index is 0.0477. The number of allylic oxidation sites excluding steroid dienone is 1. The SMILES string of the molecule is C=C(N)Cn1c(-c2cccc(Oc3ccccc3)c2)nc2cc(C(=O)Nc3ccc(C(C)(C)C)cc3)ccc21. The summed E-state index contributed by atoms with van der Waals surface area (Å²) in [7, 11) is 0. The average Bonchev–Trinajstić information content (AvgIpc) is 3.26. The standard InChI is InChI=1S/C33H32N4O2/c1-22(34)21-37-30-18-13-24(32(38)35-26-16-14-25(15-17-26)33(2,3)4)20-29(30)36-31(37)23-9-8-12-28(19-23)39-27-10-6-5-7-11-27/h5-20H,1,21,34H2,2-4H3,(H,35,38). The van der Waals surface area contributed by atoms with Crippen molar-refractivity contribution in [3.8, 4) is 22.9 Å². The van der Waals surface area contributed by atoms with E-state index in [1.54, 1.807) is 12.1 Å². The molecule has 0 fully saturated rings. The maximum atomic E-state index is 13.1. The molecule has 0 aliphatic carbocycles. The molecular formula is C33H32N4O2. The first kappa shape index (κ1) is 25.8. The van der Waals surface area contributed by atoms with Gasteiger partial charge in [0.1, 0.15) is 17.3 Å². The van der Waals surface area contributed by atoms with Gasteiger partial charge in [-0.3, -0.25) is 4.79 Å². The van der Waals surface area contributed by atoms with E-state index in [1.807, 2.05) is 89.5 Å². The number of rotatable bonds is 7. The number of ether oxygens (including phenoxy) is 1. The van der Waals surface area contributed by atoms with Crippen LogP contribution in [0.1, 0.15) is 36.7 Å². The van der Waals surface area contributed by atoms with E-state index in [9.17, 15) is 4.79 Å². The topological polar surface area (TPSA) is 82.2 Å². The van der Waals surface area contributed by atoms with Gasteiger partial charge in [-0.15, -0.1) is 0 Å². The van der Waals surface area contributed by atoms with Crippen molar-refractivity contribution in [2.75, 3.05) is 5.32 Å². The third-order valence-corrected chi connectivity index (χ3v) is 6.45. The number of amides is 1. The van der Waals surface area contributed by atoms with Gasteiger partial charge in [-0.05, 0) is 65.6 Å². The lowest BCUT2D eigenvalue weighted by Gasteiger charge is -2.19. The zero-order valence-corrected chi connectivity index (χ0v) is 22.4. The van der Waals surface area contributed by atoms with Crippen molar-refractivity contribution in [1.29, 1.82) is 0 Å². The molecule has 0 spiro atoms. The first-order valence-corrected chi connectivity index (χ1v) is 12.9. The number of hydrogen-bond acceptors (Lipinski definition) is 4. The predicted octanol–water partition coefficient (Wildman–Crippen LogP) is 7.52. The number of fused-ring (bicyclic) bond motifs is 1. The Balaban J connectivity index is 1.46. The van der Waals surface area contributed by atoms with E-state index in [0.717, 1.165) is 22.5 Å². The van der Waals surface area contributed by atoms with Crippen LogP contribution in [0, 0.1) is 0 Å². The summed E-state index contributed by atoms with van der Waals surface area (Å²) in [6, 6.07) is 30.8. The van der Waals surface area contributed by atoms with Gasteiger partial charge in [-0.1, -0.05) is 69.8 Å². The molecular weight excluding hydrogens is 484 g/mol. The van der Waals surface area contributed by atoms with Crippen molar-refractivity contribution in [3.05, 3.63) is 120 Å². The van der Waals surface area contributed by atoms with Crippen LogP contribution in [0.4, 0.5) is 5.69 Å². The number of carbonyl (C=O) groups excluding carboxylic acids is 1. The van der Waals surface area contributed by atoms with E-state index in [1.165, 1.54) is 5.56 Å². The Bertz CT molecular complexity index is 1650. The fourth-order valence-electron chi connectivity index (χ4n) is 4.43. The molecule has 1 aromatic heterocycles. The van der Waals surface area contributed by atoms with Crippen LogP contribution in [0.5, 0.6) is 11.5 Å². The summed E-state index contributed by atoms with van der Waals surface area (Å²) in [6.45, 7) is 10.8. The minimum atomic E-state index is -0.196. The number of nitrogens with two attached hydrogens (primary N) is 1. The van der Waals surface area contributed by atoms with E-state index in [2.05, 4.69) is 32.7 Å². The second-order valence-corrected chi connectivity index (χ2v) is 10.6. The molecule has 5 rings (SSSR count). The Morgan fingerprint density at radius 1 is 0.923 bits per heavy atom. The van der Waals surface area contributed by atoms with Gasteiger partial charge in [-0.2, -0.15) is 0 Å². The summed E-state index contributed by atoms with van der Waals surface area (Å²) in [5.74, 6) is 1.96. The van der Waals surface area contributed by atoms with Crippen molar-refractivity contribution in [3.63, 3.8) is 0 Å². The molecule has 4 aromatic carbocycles. The molecule has 0 aliphatic heterocycles. The zero-order valence-electron chi connectivity index (χ0n) is 22.4. The number of nitrogens with zero attached hydrogens (tertiary/aromatic N) is 2. The van der Waals surface area contributed by atoms with Crippen molar-refractivity contribution in [2.45, 2.75) is 32.7 Å². The van der Waals surface area contributed by atoms with E-state index in [4.69, 9.17) is 15.5 Å². The summed E-state index contributed by atoms with van der Waals surface area (Å²) >= 11 is 0. The summed E-state index contributed by atoms with van der Waals surface area (Å²) in [6.07, 6.45) is 0. The van der Waals surface area contributed by atoms with Gasteiger partial charge in [-0.25, -0.2) is 4.98 Å². The lowest BCUT2D eigenvalue weighted by molar-refractivity contribution is 0.102. The molecule has 6 nitrogen and oxygen atoms in total. The summed E-state index contributed by atoms with van der Waals surface area (Å²) in [4.78, 5) is 18.0. The van der Waals surface area contributed by atoms with Gasteiger partial charge in [0.05, 0.1) is 17.6 Å². The van der Waals surface area contributed by atoms with E-state index in [0.29, 0.717) is 34.9 Å². The molecule has 0 bridgehead atoms. The number of anilines is 1. The quantitative estimate of drug-likeness (QED) is 0.234. The molecule has 3 N–H and O–H groups in total. The van der Waals surface area contributed by atoms with Crippen LogP contribution in [0.15, 0.2) is 109 Å². The second-order valence-electron chi connectivity index (χ2n) is 10.6. The Morgan fingerprint density at radius 2 is 1.64 bits per heavy atom. The molecule has 0 radical (unpaired) electrons. The van der Waals surface area contributed by atoms with E-state index >= 15 is 0 Å². The fourth-order valence-corrected chi connectivity index (χ4v) is 4.43. The highest BCUT2D eigenvalue weighted by Crippen LogP contribution is 2.30. The fraction of sp³-hybridized carbons (Fsp3) is 0.152. The lowest BCUT2D eigenvalue weighted by atomic mass is 9.87. The van der Waals surface area contributed by atoms with Crippen LogP contribution in [0.25, 0.3) is 22.4 Å². The van der Waals surface area contributed by atoms with E-state index in [-0.39, 0.29) is 11.3 Å². The second kappa shape index (κ2) is 10.5. The van der Waals surface area contributed by atoms with E-state index < -0.39 is 0 Å². The highest BCUT2D eigenvalue weighted by Gasteiger charge is 2.17. The molecule has 1 heterocycles. The lowest BCUT2D eigenvalue weighted by Crippen LogP contribution is -2.13. The highest BCUT2D eigenvalue weighted by molar-refractivity contribution is 6.06. The predicted molar refractivity (Wildman–Crippen MR) is 158 cm³/mol. The van der Waals surface area contributed by atoms with Crippen LogP contribution in [-0.2, 0) is 12.0 Å². The van der Waals surface area contributed by atoms with Crippen LogP contribution in [0.2, 0.25) is 0 Å². The smallest absolute Gasteiger partial charge is 0.255 e. The van der Waals surface area contributed by atoms with Gasteiger partial charge >= 0.3 is 0 Å². The molecule has 0 unspecified atom stereocenters. The zero-order chi connectivity index (χ0) is 27.6. The molecule has 5 aromatic rings. The molecule has 0 saturated heterocycles. The first-order valence-electron chi connectivity index (χ1n) is 12.9. The molecule has 0 saturated carbocycles. The van der Waals surface area contributed by atoms with Crippen molar-refractivity contribution in [2.24, 2.45) is 5.73 Å². The third-order valence-electron chi connectivity index (χ3n) is 6.45. The molecule has 6 heteroatoms. The molecule has 1 amide bonds. The van der Waals surface area contributed by atoms with Crippen molar-refractivity contribution in [1.82, 2.24) is 9.55 Å². The number of para-hydroxylation sites is 1. The molecule has 39 heavy (non-hydrogen) atoms. The maximum Gasteiger partial charge on any atom is 0.255 e. The van der Waals surface area contributed by atoms with Gasteiger partial charge in [0.25, 0.3) is 5.91 Å². The van der Waals surface area contributed by atoms with Crippen LogP contribution < -0.4 is 15.8 Å². The Hall–Kier alpha value is -4.84. The summed E-state index contributed by atoms with van der Waals surface area (Å²) < 4.78 is 8.04. The molecule has 0 atom stereocenters. The Morgan fingerprint density at radius 3 is 2.33 bits per heavy atom. The first-order chi connectivity index (χ1) is 18.7. The van der Waals surface area contributed by atoms with Crippen molar-refractivity contribution >= 4 is 22.6 Å². The van der Waals surface area contributed by atoms with Crippen LogP contribution in [-0.4, -0.2) is 15.5 Å². The van der Waals surface area contributed by atoms with Crippen LogP contribution >= 0.6 is 0 Å². The average molecular weight is 517 g/mol. The summed E-state index contributed by atoms with van der Waals surface area (Å²) in [5.41, 5.74) is 11.5. The van der Waals surface area contributed by atoms with Crippen molar-refractivity contribution < 1.29 is 9.53 Å². The largest absolute Gasteiger partial charge is 0.457 e. The minimum Gasteiger partial charge on any atom is -0.457 e. The number of carbonyl (C=O) groups is 1. The van der Waals surface area contributed by atoms with Gasteiger partial charge in [0, 0.05) is 22.5 Å². The maximum absolute atomic E-state index is 13.1. The van der Waals surface area contributed by atoms with Gasteiger partial charge in [0.15, 0.2) is 0 Å². The van der Waals surface area contributed by atoms with Gasteiger partial charge in [0.2, 0.25) is 0 Å². The monoisotopic (exact) mass is 516 g/mol. The number of hydrogen-bond donors (Lipinski definition) is 2. The third kappa shape index (κ3) is 5.85. The Kier molecular flexibility index (Phi) is 6.94. The molecule has 0 aliphatic rings.